The topological polar surface area (TPSA) is 45.3 Å². The fraction of sp³-hybridized carbons (Fsp3) is 0.500. The number of carbonyl (C=O) groups is 1. The van der Waals surface area contributed by atoms with E-state index in [-0.39, 0.29) is 5.91 Å². The Kier molecular flexibility index (Phi) is 4.36. The molecule has 2 heterocycles. The molecule has 1 amide bonds. The van der Waals surface area contributed by atoms with Crippen LogP contribution in [0.4, 0.5) is 0 Å². The summed E-state index contributed by atoms with van der Waals surface area (Å²) in [4.78, 5) is 17.8. The maximum atomic E-state index is 12.4. The zero-order valence-corrected chi connectivity index (χ0v) is 13.4. The third-order valence-electron chi connectivity index (χ3n) is 4.53. The Morgan fingerprint density at radius 1 is 1.36 bits per heavy atom. The largest absolute Gasteiger partial charge is 0.497 e. The molecule has 118 valence electrons. The highest BCUT2D eigenvalue weighted by Gasteiger charge is 2.23. The highest BCUT2D eigenvalue weighted by atomic mass is 16.5. The predicted octanol–water partition coefficient (Wildman–Crippen LogP) is 3.64. The number of amides is 1. The summed E-state index contributed by atoms with van der Waals surface area (Å²) in [6.07, 6.45) is 4.87. The fourth-order valence-electron chi connectivity index (χ4n) is 3.22. The van der Waals surface area contributed by atoms with Crippen LogP contribution in [0.15, 0.2) is 18.2 Å². The molecule has 0 saturated carbocycles. The van der Waals surface area contributed by atoms with Gasteiger partial charge in [0.1, 0.15) is 5.75 Å². The van der Waals surface area contributed by atoms with Gasteiger partial charge in [-0.2, -0.15) is 0 Å². The third-order valence-corrected chi connectivity index (χ3v) is 4.53. The van der Waals surface area contributed by atoms with Gasteiger partial charge >= 0.3 is 0 Å². The van der Waals surface area contributed by atoms with E-state index in [0.29, 0.717) is 13.0 Å². The zero-order chi connectivity index (χ0) is 15.5. The van der Waals surface area contributed by atoms with Crippen molar-refractivity contribution < 1.29 is 9.53 Å². The molecule has 0 fully saturated rings. The summed E-state index contributed by atoms with van der Waals surface area (Å²) in [6, 6.07) is 6.09. The third kappa shape index (κ3) is 2.82. The molecule has 0 aliphatic carbocycles. The van der Waals surface area contributed by atoms with Crippen LogP contribution in [0.5, 0.6) is 5.75 Å². The van der Waals surface area contributed by atoms with Gasteiger partial charge in [0.05, 0.1) is 7.11 Å². The molecular formula is C18H24N2O2. The lowest BCUT2D eigenvalue weighted by atomic mass is 10.0. The average Bonchev–Trinajstić information content (AvgIpc) is 2.91. The van der Waals surface area contributed by atoms with Crippen LogP contribution >= 0.6 is 0 Å². The van der Waals surface area contributed by atoms with Gasteiger partial charge in [0.15, 0.2) is 0 Å². The number of benzene rings is 1. The first-order valence-electron chi connectivity index (χ1n) is 8.18. The van der Waals surface area contributed by atoms with Crippen LogP contribution in [0.1, 0.15) is 43.9 Å². The van der Waals surface area contributed by atoms with Crippen LogP contribution in [-0.2, 0) is 17.8 Å². The van der Waals surface area contributed by atoms with Crippen LogP contribution in [0.2, 0.25) is 0 Å². The van der Waals surface area contributed by atoms with Crippen molar-refractivity contribution in [3.63, 3.8) is 0 Å². The van der Waals surface area contributed by atoms with Gasteiger partial charge in [-0.05, 0) is 24.6 Å². The number of hydrogen-bond donors (Lipinski definition) is 1. The van der Waals surface area contributed by atoms with E-state index in [9.17, 15) is 4.79 Å². The first-order valence-corrected chi connectivity index (χ1v) is 8.18. The number of methoxy groups -OCH3 is 1. The predicted molar refractivity (Wildman–Crippen MR) is 88.1 cm³/mol. The van der Waals surface area contributed by atoms with E-state index >= 15 is 0 Å². The lowest BCUT2D eigenvalue weighted by molar-refractivity contribution is -0.132. The molecule has 4 heteroatoms. The molecule has 0 bridgehead atoms. The zero-order valence-electron chi connectivity index (χ0n) is 13.4. The van der Waals surface area contributed by atoms with Crippen molar-refractivity contribution in [1.29, 1.82) is 0 Å². The molecular weight excluding hydrogens is 276 g/mol. The minimum absolute atomic E-state index is 0.288. The van der Waals surface area contributed by atoms with Crippen LogP contribution in [-0.4, -0.2) is 29.4 Å². The number of fused-ring (bicyclic) bond motifs is 3. The summed E-state index contributed by atoms with van der Waals surface area (Å²) >= 11 is 0. The number of nitrogens with zero attached hydrogens (tertiary/aromatic N) is 1. The summed E-state index contributed by atoms with van der Waals surface area (Å²) in [5.41, 5.74) is 3.65. The monoisotopic (exact) mass is 300 g/mol. The summed E-state index contributed by atoms with van der Waals surface area (Å²) in [5.74, 6) is 1.15. The van der Waals surface area contributed by atoms with Crippen molar-refractivity contribution >= 4 is 16.8 Å². The maximum absolute atomic E-state index is 12.4. The minimum atomic E-state index is 0.288. The highest BCUT2D eigenvalue weighted by Crippen LogP contribution is 2.30. The molecule has 1 aliphatic heterocycles. The van der Waals surface area contributed by atoms with Gasteiger partial charge in [0.25, 0.3) is 0 Å². The van der Waals surface area contributed by atoms with E-state index in [0.717, 1.165) is 43.5 Å². The SMILES string of the molecule is CCCCCC(=O)N1CCc2[nH]c3ccc(OC)cc3c2C1. The molecule has 0 radical (unpaired) electrons. The van der Waals surface area contributed by atoms with Crippen LogP contribution in [0, 0.1) is 0 Å². The van der Waals surface area contributed by atoms with E-state index in [4.69, 9.17) is 4.74 Å². The van der Waals surface area contributed by atoms with Gasteiger partial charge in [0, 0.05) is 48.1 Å². The molecule has 0 spiro atoms. The Labute approximate surface area is 131 Å². The Bertz CT molecular complexity index is 675. The molecule has 0 atom stereocenters. The number of rotatable bonds is 5. The van der Waals surface area contributed by atoms with Gasteiger partial charge < -0.3 is 14.6 Å². The van der Waals surface area contributed by atoms with E-state index in [1.54, 1.807) is 7.11 Å². The number of nitrogens with one attached hydrogen (secondary N) is 1. The van der Waals surface area contributed by atoms with Crippen LogP contribution in [0.25, 0.3) is 10.9 Å². The lowest BCUT2D eigenvalue weighted by Gasteiger charge is -2.27. The standard InChI is InChI=1S/C18H24N2O2/c1-3-4-5-6-18(21)20-10-9-17-15(12-20)14-11-13(22-2)7-8-16(14)19-17/h7-8,11,19H,3-6,9-10,12H2,1-2H3. The van der Waals surface area contributed by atoms with Gasteiger partial charge in [-0.15, -0.1) is 0 Å². The van der Waals surface area contributed by atoms with Crippen molar-refractivity contribution in [2.45, 2.75) is 45.6 Å². The second-order valence-corrected chi connectivity index (χ2v) is 6.02. The Hall–Kier alpha value is -1.97. The van der Waals surface area contributed by atoms with Crippen LogP contribution < -0.4 is 4.74 Å². The van der Waals surface area contributed by atoms with Crippen molar-refractivity contribution in [3.8, 4) is 5.75 Å². The average molecular weight is 300 g/mol. The second-order valence-electron chi connectivity index (χ2n) is 6.02. The van der Waals surface area contributed by atoms with Crippen molar-refractivity contribution in [3.05, 3.63) is 29.5 Å². The van der Waals surface area contributed by atoms with E-state index in [1.807, 2.05) is 11.0 Å². The molecule has 1 N–H and O–H groups in total. The number of hydrogen-bond acceptors (Lipinski definition) is 2. The molecule has 1 aromatic heterocycles. The van der Waals surface area contributed by atoms with Gasteiger partial charge in [-0.1, -0.05) is 19.8 Å². The molecule has 22 heavy (non-hydrogen) atoms. The molecule has 0 saturated heterocycles. The normalized spacial score (nSPS) is 14.2. The second kappa shape index (κ2) is 6.42. The number of unbranched alkanes of at least 4 members (excludes halogenated alkanes) is 2. The van der Waals surface area contributed by atoms with E-state index < -0.39 is 0 Å². The van der Waals surface area contributed by atoms with Gasteiger partial charge in [0.2, 0.25) is 5.91 Å². The molecule has 4 nitrogen and oxygen atoms in total. The van der Waals surface area contributed by atoms with E-state index in [2.05, 4.69) is 24.0 Å². The first kappa shape index (κ1) is 14.9. The Morgan fingerprint density at radius 3 is 3.00 bits per heavy atom. The minimum Gasteiger partial charge on any atom is -0.497 e. The molecule has 1 aliphatic rings. The summed E-state index contributed by atoms with van der Waals surface area (Å²) in [5, 5.41) is 1.18. The lowest BCUT2D eigenvalue weighted by Crippen LogP contribution is -2.35. The van der Waals surface area contributed by atoms with Crippen molar-refractivity contribution in [2.24, 2.45) is 0 Å². The molecule has 0 unspecified atom stereocenters. The summed E-state index contributed by atoms with van der Waals surface area (Å²) in [7, 11) is 1.68. The number of ether oxygens (including phenoxy) is 1. The smallest absolute Gasteiger partial charge is 0.222 e. The summed E-state index contributed by atoms with van der Waals surface area (Å²) < 4.78 is 5.33. The number of aromatic amines is 1. The highest BCUT2D eigenvalue weighted by molar-refractivity contribution is 5.87. The van der Waals surface area contributed by atoms with Crippen molar-refractivity contribution in [1.82, 2.24) is 9.88 Å². The molecule has 1 aromatic carbocycles. The van der Waals surface area contributed by atoms with Crippen LogP contribution in [0.3, 0.4) is 0 Å². The fourth-order valence-corrected chi connectivity index (χ4v) is 3.22. The number of aromatic nitrogens is 1. The quantitative estimate of drug-likeness (QED) is 0.857. The van der Waals surface area contributed by atoms with Gasteiger partial charge in [-0.25, -0.2) is 0 Å². The number of carbonyl (C=O) groups excluding carboxylic acids is 1. The molecule has 2 aromatic rings. The summed E-state index contributed by atoms with van der Waals surface area (Å²) in [6.45, 7) is 3.70. The van der Waals surface area contributed by atoms with E-state index in [1.165, 1.54) is 16.6 Å². The Morgan fingerprint density at radius 2 is 2.23 bits per heavy atom. The molecule has 3 rings (SSSR count). The first-order chi connectivity index (χ1) is 10.7. The van der Waals surface area contributed by atoms with Gasteiger partial charge in [-0.3, -0.25) is 4.79 Å². The maximum Gasteiger partial charge on any atom is 0.222 e. The van der Waals surface area contributed by atoms with Crippen molar-refractivity contribution in [2.75, 3.05) is 13.7 Å². The number of H-pyrrole nitrogens is 1. The Balaban J connectivity index is 1.80.